The predicted octanol–water partition coefficient (Wildman–Crippen LogP) is 0.662. The number of aliphatic hydroxyl groups excluding tert-OH is 1. The van der Waals surface area contributed by atoms with E-state index in [1.54, 1.807) is 12.1 Å². The minimum atomic E-state index is -0.169. The highest BCUT2D eigenvalue weighted by Crippen LogP contribution is 2.24. The second kappa shape index (κ2) is 3.86. The lowest BCUT2D eigenvalue weighted by Gasteiger charge is -2.06. The number of aromatic hydroxyl groups is 1. The van der Waals surface area contributed by atoms with Gasteiger partial charge in [0.25, 0.3) is 0 Å². The lowest BCUT2D eigenvalue weighted by atomic mass is 10.2. The highest BCUT2D eigenvalue weighted by Gasteiger charge is 2.23. The molecule has 1 unspecified atom stereocenters. The molecule has 1 saturated heterocycles. The molecule has 4 nitrogen and oxygen atoms in total. The maximum Gasteiger partial charge on any atom is 0.124 e. The van der Waals surface area contributed by atoms with E-state index in [0.717, 1.165) is 6.61 Å². The predicted molar refractivity (Wildman–Crippen MR) is 49.3 cm³/mol. The molecule has 76 valence electrons. The molecule has 1 aromatic rings. The number of benzene rings is 1. The van der Waals surface area contributed by atoms with Gasteiger partial charge in [0.2, 0.25) is 0 Å². The molecule has 1 aliphatic rings. The van der Waals surface area contributed by atoms with Crippen LogP contribution in [-0.4, -0.2) is 29.5 Å². The Kier molecular flexibility index (Phi) is 2.56. The van der Waals surface area contributed by atoms with Crippen molar-refractivity contribution in [2.24, 2.45) is 0 Å². The van der Waals surface area contributed by atoms with Gasteiger partial charge < -0.3 is 19.7 Å². The standard InChI is InChI=1S/C10H12O4/c11-4-7-1-2-8(3-10(7)12)13-5-9-6-14-9/h1-3,9,11-12H,4-6H2. The van der Waals surface area contributed by atoms with Gasteiger partial charge in [-0.1, -0.05) is 0 Å². The quantitative estimate of drug-likeness (QED) is 0.694. The summed E-state index contributed by atoms with van der Waals surface area (Å²) in [6.07, 6.45) is 0.203. The van der Waals surface area contributed by atoms with Crippen molar-refractivity contribution in [3.63, 3.8) is 0 Å². The normalized spacial score (nSPS) is 19.4. The molecule has 1 heterocycles. The number of hydrogen-bond acceptors (Lipinski definition) is 4. The Balaban J connectivity index is 1.99. The topological polar surface area (TPSA) is 62.2 Å². The van der Waals surface area contributed by atoms with E-state index in [2.05, 4.69) is 0 Å². The largest absolute Gasteiger partial charge is 0.507 e. The van der Waals surface area contributed by atoms with Crippen LogP contribution in [0.1, 0.15) is 5.56 Å². The molecule has 0 bridgehead atoms. The van der Waals surface area contributed by atoms with Gasteiger partial charge in [-0.15, -0.1) is 0 Å². The second-order valence-corrected chi connectivity index (χ2v) is 3.21. The smallest absolute Gasteiger partial charge is 0.124 e. The number of ether oxygens (including phenoxy) is 2. The highest BCUT2D eigenvalue weighted by molar-refractivity contribution is 5.39. The fraction of sp³-hybridized carbons (Fsp3) is 0.400. The average Bonchev–Trinajstić information content (AvgIpc) is 2.98. The first-order valence-corrected chi connectivity index (χ1v) is 4.47. The molecule has 1 fully saturated rings. The van der Waals surface area contributed by atoms with Crippen molar-refractivity contribution >= 4 is 0 Å². The Morgan fingerprint density at radius 3 is 2.86 bits per heavy atom. The molecule has 0 amide bonds. The van der Waals surface area contributed by atoms with E-state index < -0.39 is 0 Å². The summed E-state index contributed by atoms with van der Waals surface area (Å²) in [6.45, 7) is 1.09. The molecule has 1 atom stereocenters. The molecule has 2 N–H and O–H groups in total. The van der Waals surface area contributed by atoms with Crippen LogP contribution in [0.2, 0.25) is 0 Å². The zero-order valence-corrected chi connectivity index (χ0v) is 7.64. The SMILES string of the molecule is OCc1ccc(OCC2CO2)cc1O. The van der Waals surface area contributed by atoms with Gasteiger partial charge in [0.05, 0.1) is 13.2 Å². The van der Waals surface area contributed by atoms with Crippen molar-refractivity contribution in [2.45, 2.75) is 12.7 Å². The van der Waals surface area contributed by atoms with Crippen molar-refractivity contribution < 1.29 is 19.7 Å². The Morgan fingerprint density at radius 1 is 1.50 bits per heavy atom. The summed E-state index contributed by atoms with van der Waals surface area (Å²) < 4.78 is 10.3. The third kappa shape index (κ3) is 2.16. The van der Waals surface area contributed by atoms with Gasteiger partial charge in [0.1, 0.15) is 24.2 Å². The number of rotatable bonds is 4. The molecule has 0 spiro atoms. The molecule has 14 heavy (non-hydrogen) atoms. The molecule has 0 aromatic heterocycles. The van der Waals surface area contributed by atoms with Crippen LogP contribution in [0.5, 0.6) is 11.5 Å². The van der Waals surface area contributed by atoms with Crippen LogP contribution in [0.25, 0.3) is 0 Å². The van der Waals surface area contributed by atoms with Crippen molar-refractivity contribution in [1.29, 1.82) is 0 Å². The summed E-state index contributed by atoms with van der Waals surface area (Å²) >= 11 is 0. The van der Waals surface area contributed by atoms with Gasteiger partial charge in [-0.3, -0.25) is 0 Å². The molecule has 2 rings (SSSR count). The molecule has 1 aromatic carbocycles. The van der Waals surface area contributed by atoms with E-state index in [1.165, 1.54) is 6.07 Å². The second-order valence-electron chi connectivity index (χ2n) is 3.21. The van der Waals surface area contributed by atoms with E-state index in [0.29, 0.717) is 17.9 Å². The van der Waals surface area contributed by atoms with Crippen LogP contribution in [0.4, 0.5) is 0 Å². The van der Waals surface area contributed by atoms with E-state index >= 15 is 0 Å². The summed E-state index contributed by atoms with van der Waals surface area (Å²) in [5.41, 5.74) is 0.500. The zero-order chi connectivity index (χ0) is 9.97. The van der Waals surface area contributed by atoms with Crippen LogP contribution in [-0.2, 0) is 11.3 Å². The zero-order valence-electron chi connectivity index (χ0n) is 7.64. The van der Waals surface area contributed by atoms with Crippen LogP contribution < -0.4 is 4.74 Å². The van der Waals surface area contributed by atoms with E-state index in [4.69, 9.17) is 14.6 Å². The van der Waals surface area contributed by atoms with Crippen LogP contribution in [0, 0.1) is 0 Å². The molecule has 0 radical (unpaired) electrons. The van der Waals surface area contributed by atoms with Crippen molar-refractivity contribution in [3.05, 3.63) is 23.8 Å². The molecule has 0 aliphatic carbocycles. The van der Waals surface area contributed by atoms with Crippen molar-refractivity contribution in [3.8, 4) is 11.5 Å². The summed E-state index contributed by atoms with van der Waals surface area (Å²) in [5, 5.41) is 18.2. The summed E-state index contributed by atoms with van der Waals surface area (Å²) in [4.78, 5) is 0. The highest BCUT2D eigenvalue weighted by atomic mass is 16.6. The van der Waals surface area contributed by atoms with Gasteiger partial charge in [-0.25, -0.2) is 0 Å². The third-order valence-electron chi connectivity index (χ3n) is 2.07. The summed E-state index contributed by atoms with van der Waals surface area (Å²) in [5.74, 6) is 0.650. The first-order chi connectivity index (χ1) is 6.79. The van der Waals surface area contributed by atoms with E-state index in [-0.39, 0.29) is 18.5 Å². The number of aliphatic hydroxyl groups is 1. The maximum absolute atomic E-state index is 9.40. The number of epoxide rings is 1. The minimum Gasteiger partial charge on any atom is -0.507 e. The van der Waals surface area contributed by atoms with Crippen molar-refractivity contribution in [1.82, 2.24) is 0 Å². The molecule has 0 saturated carbocycles. The van der Waals surface area contributed by atoms with Gasteiger partial charge in [-0.2, -0.15) is 0 Å². The van der Waals surface area contributed by atoms with Gasteiger partial charge >= 0.3 is 0 Å². The first kappa shape index (κ1) is 9.30. The van der Waals surface area contributed by atoms with E-state index in [9.17, 15) is 5.11 Å². The van der Waals surface area contributed by atoms with Gasteiger partial charge in [0, 0.05) is 11.6 Å². The molecular formula is C10H12O4. The Morgan fingerprint density at radius 2 is 2.29 bits per heavy atom. The van der Waals surface area contributed by atoms with E-state index in [1.807, 2.05) is 0 Å². The third-order valence-corrected chi connectivity index (χ3v) is 2.07. The Labute approximate surface area is 81.7 Å². The summed E-state index contributed by atoms with van der Waals surface area (Å²) in [6, 6.07) is 4.85. The Hall–Kier alpha value is -1.26. The van der Waals surface area contributed by atoms with Crippen LogP contribution >= 0.6 is 0 Å². The molecular weight excluding hydrogens is 184 g/mol. The number of hydrogen-bond donors (Lipinski definition) is 2. The van der Waals surface area contributed by atoms with Crippen LogP contribution in [0.3, 0.4) is 0 Å². The molecule has 4 heteroatoms. The fourth-order valence-electron chi connectivity index (χ4n) is 1.12. The summed E-state index contributed by atoms with van der Waals surface area (Å²) in [7, 11) is 0. The first-order valence-electron chi connectivity index (χ1n) is 4.47. The monoisotopic (exact) mass is 196 g/mol. The van der Waals surface area contributed by atoms with Gasteiger partial charge in [-0.05, 0) is 12.1 Å². The van der Waals surface area contributed by atoms with Crippen LogP contribution in [0.15, 0.2) is 18.2 Å². The van der Waals surface area contributed by atoms with Gasteiger partial charge in [0.15, 0.2) is 0 Å². The fourth-order valence-corrected chi connectivity index (χ4v) is 1.12. The minimum absolute atomic E-state index is 0.0571. The lowest BCUT2D eigenvalue weighted by Crippen LogP contribution is -2.03. The lowest BCUT2D eigenvalue weighted by molar-refractivity contribution is 0.259. The van der Waals surface area contributed by atoms with Crippen molar-refractivity contribution in [2.75, 3.05) is 13.2 Å². The maximum atomic E-state index is 9.40. The Bertz CT molecular complexity index is 320. The number of phenols is 1. The average molecular weight is 196 g/mol. The molecule has 1 aliphatic heterocycles.